The molecule has 2 N–H and O–H groups in total. The molecule has 1 heterocycles. The average molecular weight is 460 g/mol. The van der Waals surface area contributed by atoms with Gasteiger partial charge in [-0.2, -0.15) is 0 Å². The van der Waals surface area contributed by atoms with Crippen molar-refractivity contribution in [1.82, 2.24) is 15.5 Å². The molecule has 7 heteroatoms. The quantitative estimate of drug-likeness (QED) is 0.354. The summed E-state index contributed by atoms with van der Waals surface area (Å²) in [6.45, 7) is 6.51. The first kappa shape index (κ1) is 20.1. The van der Waals surface area contributed by atoms with Crippen molar-refractivity contribution < 1.29 is 9.47 Å². The molecular formula is C18H29IN4O2. The number of nitrogens with one attached hydrogen (secondary N) is 2. The van der Waals surface area contributed by atoms with Crippen LogP contribution in [0.15, 0.2) is 23.2 Å². The number of likely N-dealkylation sites (N-methyl/N-ethyl adjacent to an activating group) is 1. The van der Waals surface area contributed by atoms with Crippen LogP contribution in [0.2, 0.25) is 0 Å². The fourth-order valence-electron chi connectivity index (χ4n) is 3.00. The molecule has 0 saturated heterocycles. The van der Waals surface area contributed by atoms with Gasteiger partial charge < -0.3 is 20.1 Å². The van der Waals surface area contributed by atoms with Gasteiger partial charge in [0, 0.05) is 32.7 Å². The van der Waals surface area contributed by atoms with Gasteiger partial charge in [-0.3, -0.25) is 9.89 Å². The zero-order valence-corrected chi connectivity index (χ0v) is 17.4. The Morgan fingerprint density at radius 2 is 1.96 bits per heavy atom. The number of guanidine groups is 1. The Morgan fingerprint density at radius 3 is 2.68 bits per heavy atom. The zero-order chi connectivity index (χ0) is 16.8. The number of halogens is 1. The van der Waals surface area contributed by atoms with Gasteiger partial charge in [0.15, 0.2) is 17.5 Å². The Morgan fingerprint density at radius 1 is 1.20 bits per heavy atom. The minimum Gasteiger partial charge on any atom is -0.454 e. The van der Waals surface area contributed by atoms with E-state index in [2.05, 4.69) is 39.6 Å². The van der Waals surface area contributed by atoms with Crippen molar-refractivity contribution in [3.8, 4) is 11.5 Å². The predicted octanol–water partition coefficient (Wildman–Crippen LogP) is 2.23. The Labute approximate surface area is 167 Å². The SMILES string of the molecule is CCN(CCNC(=NC)NCCc1ccc2c(c1)OCO2)C1CC1.I. The van der Waals surface area contributed by atoms with E-state index in [0.29, 0.717) is 6.79 Å². The lowest BCUT2D eigenvalue weighted by molar-refractivity contribution is 0.174. The van der Waals surface area contributed by atoms with Gasteiger partial charge in [-0.25, -0.2) is 0 Å². The normalized spacial score (nSPS) is 15.9. The van der Waals surface area contributed by atoms with Crippen LogP contribution >= 0.6 is 24.0 Å². The molecule has 0 atom stereocenters. The lowest BCUT2D eigenvalue weighted by Crippen LogP contribution is -2.42. The molecule has 1 aliphatic heterocycles. The summed E-state index contributed by atoms with van der Waals surface area (Å²) in [6.07, 6.45) is 3.63. The van der Waals surface area contributed by atoms with Gasteiger partial charge in [-0.15, -0.1) is 24.0 Å². The van der Waals surface area contributed by atoms with Crippen LogP contribution in [0.5, 0.6) is 11.5 Å². The molecule has 1 aliphatic carbocycles. The number of ether oxygens (including phenoxy) is 2. The van der Waals surface area contributed by atoms with Crippen molar-refractivity contribution in [1.29, 1.82) is 0 Å². The Hall–Kier alpha value is -1.22. The van der Waals surface area contributed by atoms with Crippen LogP contribution < -0.4 is 20.1 Å². The van der Waals surface area contributed by atoms with Crippen LogP contribution in [0, 0.1) is 0 Å². The number of aliphatic imine (C=N–C) groups is 1. The topological polar surface area (TPSA) is 58.1 Å². The molecule has 0 bridgehead atoms. The van der Waals surface area contributed by atoms with Gasteiger partial charge in [0.2, 0.25) is 6.79 Å². The number of rotatable bonds is 8. The Kier molecular flexibility index (Phi) is 8.08. The Bertz CT molecular complexity index is 578. The summed E-state index contributed by atoms with van der Waals surface area (Å²) in [6, 6.07) is 6.93. The lowest BCUT2D eigenvalue weighted by atomic mass is 10.1. The third-order valence-electron chi connectivity index (χ3n) is 4.53. The monoisotopic (exact) mass is 460 g/mol. The third kappa shape index (κ3) is 5.91. The minimum atomic E-state index is 0. The first-order valence-electron chi connectivity index (χ1n) is 8.87. The van der Waals surface area contributed by atoms with Crippen molar-refractivity contribution >= 4 is 29.9 Å². The second kappa shape index (κ2) is 10.1. The predicted molar refractivity (Wildman–Crippen MR) is 111 cm³/mol. The number of benzene rings is 1. The van der Waals surface area contributed by atoms with Crippen LogP contribution in [0.1, 0.15) is 25.3 Å². The summed E-state index contributed by atoms with van der Waals surface area (Å²) >= 11 is 0. The fraction of sp³-hybridized carbons (Fsp3) is 0.611. The molecular weight excluding hydrogens is 431 g/mol. The highest BCUT2D eigenvalue weighted by Gasteiger charge is 2.27. The summed E-state index contributed by atoms with van der Waals surface area (Å²) in [7, 11) is 1.81. The molecule has 140 valence electrons. The van der Waals surface area contributed by atoms with Crippen LogP contribution in [0.4, 0.5) is 0 Å². The van der Waals surface area contributed by atoms with E-state index in [1.54, 1.807) is 0 Å². The maximum atomic E-state index is 5.41. The molecule has 0 radical (unpaired) electrons. The highest BCUT2D eigenvalue weighted by Crippen LogP contribution is 2.32. The van der Waals surface area contributed by atoms with Crippen molar-refractivity contribution in [2.45, 2.75) is 32.2 Å². The molecule has 25 heavy (non-hydrogen) atoms. The smallest absolute Gasteiger partial charge is 0.231 e. The van der Waals surface area contributed by atoms with Gasteiger partial charge in [-0.1, -0.05) is 13.0 Å². The number of hydrogen-bond donors (Lipinski definition) is 2. The molecule has 0 spiro atoms. The van der Waals surface area contributed by atoms with E-state index in [0.717, 1.165) is 56.1 Å². The van der Waals surface area contributed by atoms with E-state index in [4.69, 9.17) is 9.47 Å². The van der Waals surface area contributed by atoms with E-state index < -0.39 is 0 Å². The number of nitrogens with zero attached hydrogens (tertiary/aromatic N) is 2. The van der Waals surface area contributed by atoms with Gasteiger partial charge in [-0.05, 0) is 43.5 Å². The Balaban J connectivity index is 0.00000225. The summed E-state index contributed by atoms with van der Waals surface area (Å²) in [4.78, 5) is 6.83. The highest BCUT2D eigenvalue weighted by atomic mass is 127. The van der Waals surface area contributed by atoms with E-state index in [1.807, 2.05) is 13.1 Å². The summed E-state index contributed by atoms with van der Waals surface area (Å²) in [5.74, 6) is 2.54. The zero-order valence-electron chi connectivity index (χ0n) is 15.1. The van der Waals surface area contributed by atoms with E-state index in [-0.39, 0.29) is 24.0 Å². The van der Waals surface area contributed by atoms with E-state index >= 15 is 0 Å². The second-order valence-corrected chi connectivity index (χ2v) is 6.22. The van der Waals surface area contributed by atoms with Gasteiger partial charge in [0.25, 0.3) is 0 Å². The van der Waals surface area contributed by atoms with Gasteiger partial charge in [0.05, 0.1) is 0 Å². The average Bonchev–Trinajstić information content (AvgIpc) is 3.34. The van der Waals surface area contributed by atoms with Crippen LogP contribution in [0.25, 0.3) is 0 Å². The summed E-state index contributed by atoms with van der Waals surface area (Å²) in [5, 5.41) is 6.77. The molecule has 0 unspecified atom stereocenters. The van der Waals surface area contributed by atoms with Gasteiger partial charge >= 0.3 is 0 Å². The third-order valence-corrected chi connectivity index (χ3v) is 4.53. The van der Waals surface area contributed by atoms with Crippen LogP contribution in [-0.2, 0) is 6.42 Å². The van der Waals surface area contributed by atoms with Crippen molar-refractivity contribution in [3.05, 3.63) is 23.8 Å². The van der Waals surface area contributed by atoms with Crippen LogP contribution in [0.3, 0.4) is 0 Å². The lowest BCUT2D eigenvalue weighted by Gasteiger charge is -2.20. The maximum absolute atomic E-state index is 5.41. The first-order valence-corrected chi connectivity index (χ1v) is 8.87. The van der Waals surface area contributed by atoms with Crippen molar-refractivity contribution in [2.24, 2.45) is 4.99 Å². The number of hydrogen-bond acceptors (Lipinski definition) is 4. The highest BCUT2D eigenvalue weighted by molar-refractivity contribution is 14.0. The molecule has 0 aromatic heterocycles. The van der Waals surface area contributed by atoms with Crippen molar-refractivity contribution in [3.63, 3.8) is 0 Å². The summed E-state index contributed by atoms with van der Waals surface area (Å²) < 4.78 is 10.8. The van der Waals surface area contributed by atoms with Crippen LogP contribution in [-0.4, -0.2) is 56.9 Å². The number of fused-ring (bicyclic) bond motifs is 1. The van der Waals surface area contributed by atoms with Gasteiger partial charge in [0.1, 0.15) is 0 Å². The molecule has 2 aliphatic rings. The molecule has 1 aromatic rings. The fourth-order valence-corrected chi connectivity index (χ4v) is 3.00. The molecule has 0 amide bonds. The first-order chi connectivity index (χ1) is 11.8. The van der Waals surface area contributed by atoms with E-state index in [9.17, 15) is 0 Å². The second-order valence-electron chi connectivity index (χ2n) is 6.22. The largest absolute Gasteiger partial charge is 0.454 e. The molecule has 1 aromatic carbocycles. The minimum absolute atomic E-state index is 0. The maximum Gasteiger partial charge on any atom is 0.231 e. The molecule has 6 nitrogen and oxygen atoms in total. The molecule has 1 saturated carbocycles. The molecule has 1 fully saturated rings. The standard InChI is InChI=1S/C18H28N4O2.HI/c1-3-22(15-5-6-15)11-10-21-18(19-2)20-9-8-14-4-7-16-17(12-14)24-13-23-16;/h4,7,12,15H,3,5-6,8-11,13H2,1-2H3,(H2,19,20,21);1H. The summed E-state index contributed by atoms with van der Waals surface area (Å²) in [5.41, 5.74) is 1.23. The van der Waals surface area contributed by atoms with E-state index in [1.165, 1.54) is 18.4 Å². The van der Waals surface area contributed by atoms with Crippen molar-refractivity contribution in [2.75, 3.05) is 40.0 Å². The molecule has 3 rings (SSSR count).